The van der Waals surface area contributed by atoms with E-state index in [0.29, 0.717) is 20.7 Å². The maximum absolute atomic E-state index is 14.7. The lowest BCUT2D eigenvalue weighted by atomic mass is 9.68. The molecular weight excluding hydrogens is 476 g/mol. The summed E-state index contributed by atoms with van der Waals surface area (Å²) in [7, 11) is 17.4. The van der Waals surface area contributed by atoms with Crippen LogP contribution in [0, 0.1) is 0 Å². The Kier molecular flexibility index (Phi) is 6.29. The molecule has 0 unspecified atom stereocenters. The van der Waals surface area contributed by atoms with E-state index in [1.807, 2.05) is 0 Å². The van der Waals surface area contributed by atoms with Gasteiger partial charge in [-0.05, 0) is 35.7 Å². The van der Waals surface area contributed by atoms with Crippen LogP contribution in [0.25, 0.3) is 0 Å². The van der Waals surface area contributed by atoms with Crippen LogP contribution in [0.3, 0.4) is 0 Å². The smallest absolute Gasteiger partial charge is 0.348 e. The molecule has 4 rings (SSSR count). The van der Waals surface area contributed by atoms with E-state index >= 15 is 0 Å². The molecule has 2 aromatic rings. The van der Waals surface area contributed by atoms with Gasteiger partial charge in [0.2, 0.25) is 27.8 Å². The average Bonchev–Trinajstić information content (AvgIpc) is 3.16. The summed E-state index contributed by atoms with van der Waals surface area (Å²) in [5.41, 5.74) is -1.30. The van der Waals surface area contributed by atoms with Crippen LogP contribution >= 0.6 is 11.6 Å². The average molecular weight is 491 g/mol. The van der Waals surface area contributed by atoms with Gasteiger partial charge in [0, 0.05) is 35.7 Å². The highest BCUT2D eigenvalue weighted by atomic mass is 35.5. The molecule has 1 atom stereocenters. The molecule has 0 aliphatic carbocycles. The number of carbonyl (C=O) groups excluding carboxylic acids is 4. The SMILES string of the molecule is [B]N(Cc1ccc2c(c1)CN([C@@]1([B])CCC(=O)N([B])C1=O)C2=O)C(=O)C(F)(F)c1ccc(Cl)cc1. The van der Waals surface area contributed by atoms with E-state index in [-0.39, 0.29) is 36.5 Å². The molecule has 4 amide bonds. The summed E-state index contributed by atoms with van der Waals surface area (Å²) in [4.78, 5) is 51.5. The van der Waals surface area contributed by atoms with Crippen LogP contribution < -0.4 is 0 Å². The fourth-order valence-electron chi connectivity index (χ4n) is 4.12. The zero-order valence-electron chi connectivity index (χ0n) is 18.2. The second-order valence-corrected chi connectivity index (χ2v) is 8.83. The van der Waals surface area contributed by atoms with Crippen molar-refractivity contribution in [2.45, 2.75) is 37.3 Å². The number of benzene rings is 2. The van der Waals surface area contributed by atoms with E-state index in [9.17, 15) is 28.0 Å². The summed E-state index contributed by atoms with van der Waals surface area (Å²) in [6.45, 7) is -0.451. The standard InChI is InChI=1S/C22H15B3ClF2N3O4/c23-21(8-7-17(32)31(25)19(21)34)29-11-13-9-12(1-6-16(13)18(29)33)10-30(24)20(35)22(27,28)14-2-4-15(26)5-3-14/h1-6,9H,7-8,10-11H2/t21-/m0/s1. The van der Waals surface area contributed by atoms with E-state index in [1.54, 1.807) is 0 Å². The number of rotatable bonds is 5. The molecule has 6 radical (unpaired) electrons. The van der Waals surface area contributed by atoms with Crippen molar-refractivity contribution in [2.24, 2.45) is 0 Å². The molecule has 13 heteroatoms. The Balaban J connectivity index is 1.51. The highest BCUT2D eigenvalue weighted by molar-refractivity contribution is 6.38. The van der Waals surface area contributed by atoms with Gasteiger partial charge in [0.05, 0.1) is 5.44 Å². The molecule has 0 saturated carbocycles. The summed E-state index contributed by atoms with van der Waals surface area (Å²) in [5.74, 6) is -7.56. The van der Waals surface area contributed by atoms with Gasteiger partial charge in [0.15, 0.2) is 0 Å². The van der Waals surface area contributed by atoms with Crippen molar-refractivity contribution in [3.05, 3.63) is 69.7 Å². The third-order valence-corrected chi connectivity index (χ3v) is 6.37. The maximum Gasteiger partial charge on any atom is 0.348 e. The van der Waals surface area contributed by atoms with Gasteiger partial charge in [0.25, 0.3) is 11.8 Å². The van der Waals surface area contributed by atoms with Crippen molar-refractivity contribution in [2.75, 3.05) is 0 Å². The van der Waals surface area contributed by atoms with Crippen molar-refractivity contribution < 1.29 is 28.0 Å². The van der Waals surface area contributed by atoms with Gasteiger partial charge in [-0.25, -0.2) is 0 Å². The van der Waals surface area contributed by atoms with Gasteiger partial charge in [-0.1, -0.05) is 35.9 Å². The summed E-state index contributed by atoms with van der Waals surface area (Å²) in [5, 5.41) is 0.239. The molecule has 2 heterocycles. The van der Waals surface area contributed by atoms with Crippen LogP contribution in [-0.4, -0.2) is 67.4 Å². The summed E-state index contributed by atoms with van der Waals surface area (Å²) >= 11 is 5.72. The van der Waals surface area contributed by atoms with Crippen LogP contribution in [0.1, 0.15) is 39.9 Å². The van der Waals surface area contributed by atoms with E-state index in [2.05, 4.69) is 0 Å². The van der Waals surface area contributed by atoms with Crippen molar-refractivity contribution in [3.8, 4) is 0 Å². The first-order valence-corrected chi connectivity index (χ1v) is 10.8. The van der Waals surface area contributed by atoms with Gasteiger partial charge >= 0.3 is 5.92 Å². The Morgan fingerprint density at radius 2 is 1.80 bits per heavy atom. The second-order valence-electron chi connectivity index (χ2n) is 8.39. The number of halogens is 3. The largest absolute Gasteiger partial charge is 0.387 e. The number of imide groups is 1. The quantitative estimate of drug-likeness (QED) is 0.471. The molecule has 1 saturated heterocycles. The lowest BCUT2D eigenvalue weighted by Gasteiger charge is -2.43. The van der Waals surface area contributed by atoms with Crippen molar-refractivity contribution >= 4 is 59.0 Å². The highest BCUT2D eigenvalue weighted by Crippen LogP contribution is 2.35. The number of nitrogens with zero attached hydrogens (tertiary/aromatic N) is 3. The van der Waals surface area contributed by atoms with Crippen LogP contribution in [0.5, 0.6) is 0 Å². The first-order valence-electron chi connectivity index (χ1n) is 10.4. The Morgan fingerprint density at radius 3 is 2.46 bits per heavy atom. The van der Waals surface area contributed by atoms with Gasteiger partial charge < -0.3 is 14.5 Å². The molecule has 172 valence electrons. The van der Waals surface area contributed by atoms with Crippen LogP contribution in [0.4, 0.5) is 8.78 Å². The number of amides is 4. The van der Waals surface area contributed by atoms with Crippen LogP contribution in [0.2, 0.25) is 5.02 Å². The molecule has 7 nitrogen and oxygen atoms in total. The van der Waals surface area contributed by atoms with Crippen LogP contribution in [-0.2, 0) is 33.4 Å². The van der Waals surface area contributed by atoms with Gasteiger partial charge in [-0.2, -0.15) is 8.78 Å². The number of hydrogen-bond acceptors (Lipinski definition) is 4. The molecule has 0 aromatic heterocycles. The Bertz CT molecular complexity index is 1250. The Labute approximate surface area is 208 Å². The van der Waals surface area contributed by atoms with E-state index < -0.39 is 40.6 Å². The molecule has 0 N–H and O–H groups in total. The molecule has 1 fully saturated rings. The second kappa shape index (κ2) is 8.82. The number of piperidine rings is 1. The first kappa shape index (κ1) is 25.0. The van der Waals surface area contributed by atoms with Crippen molar-refractivity contribution in [1.29, 1.82) is 0 Å². The fraction of sp³-hybridized carbons (Fsp3) is 0.273. The van der Waals surface area contributed by atoms with Crippen molar-refractivity contribution in [3.63, 3.8) is 0 Å². The number of carbonyl (C=O) groups is 4. The minimum Gasteiger partial charge on any atom is -0.387 e. The molecule has 35 heavy (non-hydrogen) atoms. The van der Waals surface area contributed by atoms with Gasteiger partial charge in [-0.15, -0.1) is 0 Å². The molecule has 2 aliphatic heterocycles. The Hall–Kier alpha value is -3.14. The summed E-state index contributed by atoms with van der Waals surface area (Å²) in [6, 6.07) is 8.96. The third-order valence-electron chi connectivity index (χ3n) is 6.12. The fourth-order valence-corrected chi connectivity index (χ4v) is 4.25. The van der Waals surface area contributed by atoms with Gasteiger partial charge in [0.1, 0.15) is 7.85 Å². The predicted molar refractivity (Wildman–Crippen MR) is 123 cm³/mol. The zero-order chi connectivity index (χ0) is 25.7. The van der Waals surface area contributed by atoms with Gasteiger partial charge in [-0.3, -0.25) is 19.2 Å². The summed E-state index contributed by atoms with van der Waals surface area (Å²) < 4.78 is 29.3. The normalized spacial score (nSPS) is 20.3. The number of alkyl halides is 2. The van der Waals surface area contributed by atoms with Crippen molar-refractivity contribution in [1.82, 2.24) is 14.5 Å². The monoisotopic (exact) mass is 491 g/mol. The molecule has 0 spiro atoms. The highest BCUT2D eigenvalue weighted by Gasteiger charge is 2.49. The Morgan fingerprint density at radius 1 is 1.14 bits per heavy atom. The summed E-state index contributed by atoms with van der Waals surface area (Å²) in [6.07, 6.45) is -0.216. The number of hydrogen-bond donors (Lipinski definition) is 0. The minimum atomic E-state index is -3.89. The van der Waals surface area contributed by atoms with E-state index in [0.717, 1.165) is 17.0 Å². The minimum absolute atomic E-state index is 0.0776. The third kappa shape index (κ3) is 4.24. The lowest BCUT2D eigenvalue weighted by Crippen LogP contribution is -2.64. The lowest BCUT2D eigenvalue weighted by molar-refractivity contribution is -0.154. The first-order chi connectivity index (χ1) is 16.4. The molecule has 2 aliphatic rings. The molecule has 0 bridgehead atoms. The predicted octanol–water partition coefficient (Wildman–Crippen LogP) is 1.60. The van der Waals surface area contributed by atoms with E-state index in [4.69, 9.17) is 35.4 Å². The maximum atomic E-state index is 14.7. The number of fused-ring (bicyclic) bond motifs is 1. The topological polar surface area (TPSA) is 78.0 Å². The zero-order valence-corrected chi connectivity index (χ0v) is 19.0. The van der Waals surface area contributed by atoms with E-state index in [1.165, 1.54) is 30.3 Å². The molecular formula is C22H15B3ClF2N3O4. The molecule has 2 aromatic carbocycles. The van der Waals surface area contributed by atoms with Crippen LogP contribution in [0.15, 0.2) is 42.5 Å².